The number of anilines is 1. The second-order valence-electron chi connectivity index (χ2n) is 5.48. The van der Waals surface area contributed by atoms with Gasteiger partial charge in [0.1, 0.15) is 0 Å². The highest BCUT2D eigenvalue weighted by Gasteiger charge is 2.21. The van der Waals surface area contributed by atoms with E-state index in [4.69, 9.17) is 4.74 Å². The molecule has 0 saturated heterocycles. The van der Waals surface area contributed by atoms with Gasteiger partial charge in [-0.05, 0) is 39.3 Å². The molecular formula is C14H23NO3S. The summed E-state index contributed by atoms with van der Waals surface area (Å²) in [5, 5.41) is 3.25. The van der Waals surface area contributed by atoms with Crippen molar-refractivity contribution < 1.29 is 13.2 Å². The molecule has 108 valence electrons. The monoisotopic (exact) mass is 285 g/mol. The normalized spacial score (nSPS) is 14.2. The lowest BCUT2D eigenvalue weighted by atomic mass is 10.00. The van der Waals surface area contributed by atoms with E-state index in [1.165, 1.54) is 6.26 Å². The number of para-hydroxylation sites is 1. The molecule has 0 aromatic heterocycles. The van der Waals surface area contributed by atoms with Gasteiger partial charge < -0.3 is 10.1 Å². The van der Waals surface area contributed by atoms with Crippen molar-refractivity contribution in [3.05, 3.63) is 24.3 Å². The highest BCUT2D eigenvalue weighted by molar-refractivity contribution is 7.90. The zero-order valence-electron chi connectivity index (χ0n) is 12.2. The van der Waals surface area contributed by atoms with Crippen LogP contribution in [0.3, 0.4) is 0 Å². The van der Waals surface area contributed by atoms with E-state index < -0.39 is 9.84 Å². The minimum absolute atomic E-state index is 0.109. The molecule has 5 heteroatoms. The summed E-state index contributed by atoms with van der Waals surface area (Å²) in [6.07, 6.45) is 2.00. The van der Waals surface area contributed by atoms with Gasteiger partial charge in [-0.3, -0.25) is 0 Å². The molecule has 1 rings (SSSR count). The van der Waals surface area contributed by atoms with E-state index in [0.717, 1.165) is 6.42 Å². The zero-order valence-corrected chi connectivity index (χ0v) is 13.0. The number of benzene rings is 1. The second-order valence-corrected chi connectivity index (χ2v) is 7.47. The number of ether oxygens (including phenoxy) is 1. The third-order valence-electron chi connectivity index (χ3n) is 3.04. The van der Waals surface area contributed by atoms with Gasteiger partial charge >= 0.3 is 0 Å². The van der Waals surface area contributed by atoms with Crippen molar-refractivity contribution in [2.45, 2.75) is 43.7 Å². The molecule has 0 bridgehead atoms. The van der Waals surface area contributed by atoms with Crippen molar-refractivity contribution in [1.29, 1.82) is 0 Å². The lowest BCUT2D eigenvalue weighted by Gasteiger charge is -2.28. The Morgan fingerprint density at radius 3 is 2.42 bits per heavy atom. The smallest absolute Gasteiger partial charge is 0.177 e. The molecule has 0 amide bonds. The van der Waals surface area contributed by atoms with Crippen LogP contribution >= 0.6 is 0 Å². The molecule has 19 heavy (non-hydrogen) atoms. The van der Waals surface area contributed by atoms with Gasteiger partial charge in [0, 0.05) is 19.4 Å². The number of methoxy groups -OCH3 is 1. The maximum Gasteiger partial charge on any atom is 0.177 e. The Hall–Kier alpha value is -1.07. The summed E-state index contributed by atoms with van der Waals surface area (Å²) in [5.41, 5.74) is 0.399. The van der Waals surface area contributed by atoms with Crippen LogP contribution in [0.15, 0.2) is 29.2 Å². The van der Waals surface area contributed by atoms with Gasteiger partial charge in [-0.1, -0.05) is 12.1 Å². The van der Waals surface area contributed by atoms with Crippen LogP contribution in [0.1, 0.15) is 27.2 Å². The van der Waals surface area contributed by atoms with Gasteiger partial charge in [-0.2, -0.15) is 0 Å². The zero-order chi connectivity index (χ0) is 14.7. The molecule has 0 spiro atoms. The number of hydrogen-bond donors (Lipinski definition) is 1. The Bertz CT molecular complexity index is 523. The van der Waals surface area contributed by atoms with Gasteiger partial charge in [0.05, 0.1) is 16.2 Å². The predicted octanol–water partition coefficient (Wildman–Crippen LogP) is 2.71. The van der Waals surface area contributed by atoms with Gasteiger partial charge in [0.25, 0.3) is 0 Å². The van der Waals surface area contributed by atoms with Crippen LogP contribution in [0, 0.1) is 0 Å². The highest BCUT2D eigenvalue weighted by atomic mass is 32.2. The average molecular weight is 285 g/mol. The molecule has 0 heterocycles. The summed E-state index contributed by atoms with van der Waals surface area (Å²) in [7, 11) is -1.54. The minimum Gasteiger partial charge on any atom is -0.381 e. The molecule has 0 aliphatic rings. The van der Waals surface area contributed by atoms with E-state index in [0.29, 0.717) is 10.6 Å². The van der Waals surface area contributed by atoms with E-state index in [1.807, 2.05) is 26.8 Å². The maximum absolute atomic E-state index is 11.7. The molecule has 0 saturated carbocycles. The number of sulfone groups is 1. The molecule has 0 radical (unpaired) electrons. The summed E-state index contributed by atoms with van der Waals surface area (Å²) in [6.45, 7) is 6.03. The van der Waals surface area contributed by atoms with Crippen LogP contribution in [-0.4, -0.2) is 33.4 Å². The summed E-state index contributed by atoms with van der Waals surface area (Å²) in [5.74, 6) is 0. The maximum atomic E-state index is 11.7. The van der Waals surface area contributed by atoms with Crippen LogP contribution in [0.25, 0.3) is 0 Å². The SMILES string of the molecule is COC(C)(C)CC(C)Nc1ccccc1S(C)(=O)=O. The van der Waals surface area contributed by atoms with Crippen molar-refractivity contribution in [1.82, 2.24) is 0 Å². The first-order valence-electron chi connectivity index (χ1n) is 6.26. The molecule has 1 atom stereocenters. The highest BCUT2D eigenvalue weighted by Crippen LogP contribution is 2.24. The Kier molecular flexibility index (Phi) is 4.98. The second kappa shape index (κ2) is 5.92. The predicted molar refractivity (Wildman–Crippen MR) is 78.3 cm³/mol. The van der Waals surface area contributed by atoms with E-state index in [9.17, 15) is 8.42 Å². The molecular weight excluding hydrogens is 262 g/mol. The molecule has 4 nitrogen and oxygen atoms in total. The van der Waals surface area contributed by atoms with Gasteiger partial charge in [0.15, 0.2) is 9.84 Å². The largest absolute Gasteiger partial charge is 0.381 e. The molecule has 0 aliphatic carbocycles. The van der Waals surface area contributed by atoms with Crippen LogP contribution < -0.4 is 5.32 Å². The first kappa shape index (κ1) is 16.0. The van der Waals surface area contributed by atoms with Crippen LogP contribution in [0.4, 0.5) is 5.69 Å². The molecule has 1 N–H and O–H groups in total. The fraction of sp³-hybridized carbons (Fsp3) is 0.571. The summed E-state index contributed by atoms with van der Waals surface area (Å²) in [4.78, 5) is 0.331. The average Bonchev–Trinajstić information content (AvgIpc) is 2.27. The fourth-order valence-corrected chi connectivity index (χ4v) is 2.90. The standard InChI is InChI=1S/C14H23NO3S/c1-11(10-14(2,3)18-4)15-12-8-6-7-9-13(12)19(5,16)17/h6-9,11,15H,10H2,1-5H3. The van der Waals surface area contributed by atoms with E-state index >= 15 is 0 Å². The first-order chi connectivity index (χ1) is 8.65. The lowest BCUT2D eigenvalue weighted by Crippen LogP contribution is -2.31. The first-order valence-corrected chi connectivity index (χ1v) is 8.15. The fourth-order valence-electron chi connectivity index (χ4n) is 2.05. The van der Waals surface area contributed by atoms with E-state index in [2.05, 4.69) is 5.32 Å². The topological polar surface area (TPSA) is 55.4 Å². The minimum atomic E-state index is -3.22. The number of rotatable bonds is 6. The van der Waals surface area contributed by atoms with Gasteiger partial charge in [-0.15, -0.1) is 0 Å². The van der Waals surface area contributed by atoms with Crippen LogP contribution in [-0.2, 0) is 14.6 Å². The van der Waals surface area contributed by atoms with Crippen molar-refractivity contribution in [2.24, 2.45) is 0 Å². The van der Waals surface area contributed by atoms with Crippen LogP contribution in [0.2, 0.25) is 0 Å². The quantitative estimate of drug-likeness (QED) is 0.873. The van der Waals surface area contributed by atoms with Crippen molar-refractivity contribution in [3.8, 4) is 0 Å². The van der Waals surface area contributed by atoms with E-state index in [1.54, 1.807) is 25.3 Å². The molecule has 0 aliphatic heterocycles. The number of hydrogen-bond acceptors (Lipinski definition) is 4. The Labute approximate surface area is 116 Å². The Morgan fingerprint density at radius 1 is 1.32 bits per heavy atom. The molecule has 1 aromatic rings. The van der Waals surface area contributed by atoms with Crippen molar-refractivity contribution in [2.75, 3.05) is 18.7 Å². The molecule has 1 aromatic carbocycles. The number of nitrogens with one attached hydrogen (secondary N) is 1. The van der Waals surface area contributed by atoms with Crippen molar-refractivity contribution >= 4 is 15.5 Å². The lowest BCUT2D eigenvalue weighted by molar-refractivity contribution is 0.0128. The van der Waals surface area contributed by atoms with Crippen molar-refractivity contribution in [3.63, 3.8) is 0 Å². The molecule has 0 fully saturated rings. The summed E-state index contributed by atoms with van der Waals surface area (Å²) >= 11 is 0. The van der Waals surface area contributed by atoms with E-state index in [-0.39, 0.29) is 11.6 Å². The molecule has 1 unspecified atom stereocenters. The third-order valence-corrected chi connectivity index (χ3v) is 4.19. The summed E-state index contributed by atoms with van der Waals surface area (Å²) in [6, 6.07) is 7.06. The third kappa shape index (κ3) is 4.84. The summed E-state index contributed by atoms with van der Waals surface area (Å²) < 4.78 is 28.8. The van der Waals surface area contributed by atoms with Gasteiger partial charge in [0.2, 0.25) is 0 Å². The van der Waals surface area contributed by atoms with Crippen LogP contribution in [0.5, 0.6) is 0 Å². The Morgan fingerprint density at radius 2 is 1.89 bits per heavy atom. The Balaban J connectivity index is 2.89. The van der Waals surface area contributed by atoms with Gasteiger partial charge in [-0.25, -0.2) is 8.42 Å².